The van der Waals surface area contributed by atoms with E-state index < -0.39 is 41.7 Å². The zero-order valence-electron chi connectivity index (χ0n) is 16.3. The number of hydrogen-bond acceptors (Lipinski definition) is 5. The molecule has 156 valence electrons. The Morgan fingerprint density at radius 2 is 1.70 bits per heavy atom. The topological polar surface area (TPSA) is 110 Å². The summed E-state index contributed by atoms with van der Waals surface area (Å²) in [6.07, 6.45) is -1.14. The Kier molecular flexibility index (Phi) is 6.10. The summed E-state index contributed by atoms with van der Waals surface area (Å²) in [5, 5.41) is 5.38. The molecule has 0 aliphatic carbocycles. The molecule has 2 unspecified atom stereocenters. The maximum atomic E-state index is 13.0. The van der Waals surface area contributed by atoms with Crippen LogP contribution in [-0.4, -0.2) is 27.8 Å². The molecule has 0 radical (unpaired) electrons. The number of amides is 1. The van der Waals surface area contributed by atoms with Gasteiger partial charge in [0.2, 0.25) is 0 Å². The fraction of sp³-hybridized carbons (Fsp3) is 0.238. The Bertz CT molecular complexity index is 1200. The Hall–Kier alpha value is -3.75. The van der Waals surface area contributed by atoms with Crippen molar-refractivity contribution in [3.8, 4) is 0 Å². The van der Waals surface area contributed by atoms with Crippen molar-refractivity contribution in [2.45, 2.75) is 32.5 Å². The molecule has 1 heterocycles. The van der Waals surface area contributed by atoms with Crippen LogP contribution < -0.4 is 16.4 Å². The number of ether oxygens (including phenoxy) is 1. The van der Waals surface area contributed by atoms with Crippen LogP contribution in [0.2, 0.25) is 0 Å². The minimum atomic E-state index is -1.14. The third-order valence-corrected chi connectivity index (χ3v) is 4.58. The summed E-state index contributed by atoms with van der Waals surface area (Å²) >= 11 is 0. The maximum Gasteiger partial charge on any atom is 0.328 e. The van der Waals surface area contributed by atoms with E-state index in [0.717, 1.165) is 4.68 Å². The first-order chi connectivity index (χ1) is 14.3. The second-order valence-corrected chi connectivity index (χ2v) is 6.79. The summed E-state index contributed by atoms with van der Waals surface area (Å²) < 4.78 is 18.9. The third-order valence-electron chi connectivity index (χ3n) is 4.58. The minimum absolute atomic E-state index is 0.174. The van der Waals surface area contributed by atoms with Crippen molar-refractivity contribution < 1.29 is 18.7 Å². The monoisotopic (exact) mass is 413 g/mol. The molecule has 3 rings (SSSR count). The lowest BCUT2D eigenvalue weighted by atomic mass is 10.1. The van der Waals surface area contributed by atoms with Gasteiger partial charge in [0.15, 0.2) is 6.10 Å². The van der Waals surface area contributed by atoms with Gasteiger partial charge in [-0.2, -0.15) is 0 Å². The number of esters is 1. The van der Waals surface area contributed by atoms with Gasteiger partial charge in [-0.25, -0.2) is 9.07 Å². The van der Waals surface area contributed by atoms with E-state index in [0.29, 0.717) is 5.56 Å². The molecule has 0 fully saturated rings. The summed E-state index contributed by atoms with van der Waals surface area (Å²) in [6, 6.07) is 11.4. The second kappa shape index (κ2) is 8.73. The lowest BCUT2D eigenvalue weighted by Crippen LogP contribution is -2.39. The van der Waals surface area contributed by atoms with E-state index in [1.807, 2.05) is 0 Å². The molecule has 0 spiro atoms. The van der Waals surface area contributed by atoms with Crippen molar-refractivity contribution in [3.63, 3.8) is 0 Å². The third kappa shape index (κ3) is 4.62. The lowest BCUT2D eigenvalue weighted by molar-refractivity contribution is -0.155. The Morgan fingerprint density at radius 1 is 1.07 bits per heavy atom. The molecule has 1 amide bonds. The Balaban J connectivity index is 1.64. The Labute approximate surface area is 170 Å². The summed E-state index contributed by atoms with van der Waals surface area (Å²) in [6.45, 7) is 2.54. The zero-order valence-corrected chi connectivity index (χ0v) is 16.3. The normalized spacial score (nSPS) is 12.9. The summed E-state index contributed by atoms with van der Waals surface area (Å²) in [4.78, 5) is 49.0. The lowest BCUT2D eigenvalue weighted by Gasteiger charge is -2.18. The first kappa shape index (κ1) is 21.0. The molecule has 0 aliphatic rings. The van der Waals surface area contributed by atoms with Crippen LogP contribution >= 0.6 is 0 Å². The number of H-pyrrole nitrogens is 1. The van der Waals surface area contributed by atoms with E-state index in [-0.39, 0.29) is 16.6 Å². The molecular formula is C21H20FN3O5. The number of aromatic amines is 1. The van der Waals surface area contributed by atoms with Crippen molar-refractivity contribution in [2.24, 2.45) is 0 Å². The maximum absolute atomic E-state index is 13.0. The van der Waals surface area contributed by atoms with Crippen LogP contribution in [0.15, 0.2) is 58.1 Å². The van der Waals surface area contributed by atoms with Gasteiger partial charge in [0, 0.05) is 0 Å². The van der Waals surface area contributed by atoms with E-state index >= 15 is 0 Å². The Morgan fingerprint density at radius 3 is 2.37 bits per heavy atom. The average Bonchev–Trinajstić information content (AvgIpc) is 2.72. The fourth-order valence-electron chi connectivity index (χ4n) is 2.94. The molecule has 0 aliphatic heterocycles. The SMILES string of the molecule is CC(OC(=O)Cn1[nH]c(=O)c2ccccc2c1=O)C(=O)NC(C)c1ccc(F)cc1. The van der Waals surface area contributed by atoms with Crippen LogP contribution in [0.4, 0.5) is 4.39 Å². The number of rotatable bonds is 6. The van der Waals surface area contributed by atoms with Crippen LogP contribution in [-0.2, 0) is 20.9 Å². The second-order valence-electron chi connectivity index (χ2n) is 6.79. The van der Waals surface area contributed by atoms with Crippen LogP contribution in [0.5, 0.6) is 0 Å². The van der Waals surface area contributed by atoms with Gasteiger partial charge in [-0.15, -0.1) is 0 Å². The first-order valence-corrected chi connectivity index (χ1v) is 9.23. The highest BCUT2D eigenvalue weighted by Gasteiger charge is 2.21. The van der Waals surface area contributed by atoms with E-state index in [9.17, 15) is 23.6 Å². The molecule has 2 N–H and O–H groups in total. The molecule has 1 aromatic heterocycles. The highest BCUT2D eigenvalue weighted by Crippen LogP contribution is 2.13. The number of fused-ring (bicyclic) bond motifs is 1. The number of hydrogen-bond donors (Lipinski definition) is 2. The molecule has 0 saturated heterocycles. The molecule has 2 aromatic carbocycles. The van der Waals surface area contributed by atoms with Crippen LogP contribution in [0, 0.1) is 5.82 Å². The van der Waals surface area contributed by atoms with Crippen molar-refractivity contribution in [2.75, 3.05) is 0 Å². The number of nitrogens with one attached hydrogen (secondary N) is 2. The number of carbonyl (C=O) groups is 2. The van der Waals surface area contributed by atoms with Gasteiger partial charge in [0.1, 0.15) is 12.4 Å². The van der Waals surface area contributed by atoms with E-state index in [4.69, 9.17) is 4.74 Å². The highest BCUT2D eigenvalue weighted by atomic mass is 19.1. The van der Waals surface area contributed by atoms with E-state index in [1.54, 1.807) is 31.2 Å². The predicted octanol–water partition coefficient (Wildman–Crippen LogP) is 1.64. The smallest absolute Gasteiger partial charge is 0.328 e. The van der Waals surface area contributed by atoms with Crippen LogP contribution in [0.3, 0.4) is 0 Å². The van der Waals surface area contributed by atoms with Crippen LogP contribution in [0.25, 0.3) is 10.8 Å². The van der Waals surface area contributed by atoms with Crippen molar-refractivity contribution in [1.82, 2.24) is 15.1 Å². The number of halogens is 1. The number of aromatic nitrogens is 2. The van der Waals surface area contributed by atoms with E-state index in [1.165, 1.54) is 31.2 Å². The van der Waals surface area contributed by atoms with Gasteiger partial charge in [-0.05, 0) is 43.7 Å². The molecule has 3 aromatic rings. The van der Waals surface area contributed by atoms with Gasteiger partial charge in [-0.1, -0.05) is 24.3 Å². The van der Waals surface area contributed by atoms with Gasteiger partial charge in [0.05, 0.1) is 16.8 Å². The quantitative estimate of drug-likeness (QED) is 0.597. The summed E-state index contributed by atoms with van der Waals surface area (Å²) in [5.74, 6) is -1.80. The highest BCUT2D eigenvalue weighted by molar-refractivity contribution is 5.84. The molecule has 8 nitrogen and oxygen atoms in total. The molecule has 9 heteroatoms. The van der Waals surface area contributed by atoms with Crippen molar-refractivity contribution >= 4 is 22.6 Å². The van der Waals surface area contributed by atoms with Crippen molar-refractivity contribution in [3.05, 3.63) is 80.6 Å². The standard InChI is InChI=1S/C21H20FN3O5/c1-12(14-7-9-15(22)10-8-14)23-19(27)13(2)30-18(26)11-25-21(29)17-6-4-3-5-16(17)20(28)24-25/h3-10,12-13H,11H2,1-2H3,(H,23,27)(H,24,28). The summed E-state index contributed by atoms with van der Waals surface area (Å²) in [7, 11) is 0. The first-order valence-electron chi connectivity index (χ1n) is 9.23. The minimum Gasteiger partial charge on any atom is -0.451 e. The largest absolute Gasteiger partial charge is 0.451 e. The zero-order chi connectivity index (χ0) is 21.8. The van der Waals surface area contributed by atoms with Gasteiger partial charge >= 0.3 is 5.97 Å². The number of carbonyl (C=O) groups excluding carboxylic acids is 2. The number of nitrogens with zero attached hydrogens (tertiary/aromatic N) is 1. The summed E-state index contributed by atoms with van der Waals surface area (Å²) in [5.41, 5.74) is -0.385. The van der Waals surface area contributed by atoms with Crippen molar-refractivity contribution in [1.29, 1.82) is 0 Å². The number of benzene rings is 2. The molecular weight excluding hydrogens is 393 g/mol. The van der Waals surface area contributed by atoms with Gasteiger partial charge in [0.25, 0.3) is 17.0 Å². The van der Waals surface area contributed by atoms with Gasteiger partial charge in [-0.3, -0.25) is 24.3 Å². The van der Waals surface area contributed by atoms with E-state index in [2.05, 4.69) is 10.4 Å². The molecule has 0 saturated carbocycles. The predicted molar refractivity (Wildman–Crippen MR) is 107 cm³/mol. The van der Waals surface area contributed by atoms with Gasteiger partial charge < -0.3 is 10.1 Å². The average molecular weight is 413 g/mol. The molecule has 0 bridgehead atoms. The molecule has 30 heavy (non-hydrogen) atoms. The molecule has 2 atom stereocenters. The fourth-order valence-corrected chi connectivity index (χ4v) is 2.94. The van der Waals surface area contributed by atoms with Crippen LogP contribution in [0.1, 0.15) is 25.5 Å².